The number of hydrogen-bond donors (Lipinski definition) is 1. The number of nitrogens with zero attached hydrogens (tertiary/aromatic N) is 1. The molecule has 0 spiro atoms. The van der Waals surface area contributed by atoms with E-state index in [9.17, 15) is 8.42 Å². The van der Waals surface area contributed by atoms with Gasteiger partial charge in [-0.1, -0.05) is 12.1 Å². The minimum Gasteiger partial charge on any atom is -0.370 e. The van der Waals surface area contributed by atoms with Crippen molar-refractivity contribution in [3.8, 4) is 0 Å². The van der Waals surface area contributed by atoms with E-state index in [0.717, 1.165) is 25.9 Å². The standard InChI is InChI=1S/C14H20N2O2S/c1-16(12-6-8-19(17,18)10-12)14-4-2-3-11-9-15-7-5-13(11)14/h2-4,12,15H,5-10H2,1H3. The van der Waals surface area contributed by atoms with E-state index in [0.29, 0.717) is 11.5 Å². The zero-order valence-electron chi connectivity index (χ0n) is 11.2. The highest BCUT2D eigenvalue weighted by atomic mass is 32.2. The third-order valence-electron chi connectivity index (χ3n) is 4.25. The first-order valence-corrected chi connectivity index (χ1v) is 8.64. The SMILES string of the molecule is CN(c1cccc2c1CCNC2)C1CCS(=O)(=O)C1. The summed E-state index contributed by atoms with van der Waals surface area (Å²) in [7, 11) is -0.793. The topological polar surface area (TPSA) is 49.4 Å². The van der Waals surface area contributed by atoms with E-state index >= 15 is 0 Å². The van der Waals surface area contributed by atoms with Crippen LogP contribution in [-0.4, -0.2) is 39.6 Å². The maximum absolute atomic E-state index is 11.6. The summed E-state index contributed by atoms with van der Waals surface area (Å²) >= 11 is 0. The highest BCUT2D eigenvalue weighted by Crippen LogP contribution is 2.29. The molecule has 1 saturated heterocycles. The van der Waals surface area contributed by atoms with Gasteiger partial charge in [0.05, 0.1) is 11.5 Å². The number of rotatable bonds is 2. The first kappa shape index (κ1) is 12.9. The zero-order chi connectivity index (χ0) is 13.5. The van der Waals surface area contributed by atoms with Gasteiger partial charge in [-0.3, -0.25) is 0 Å². The molecule has 5 heteroatoms. The van der Waals surface area contributed by atoms with Gasteiger partial charge in [-0.05, 0) is 36.6 Å². The van der Waals surface area contributed by atoms with Crippen LogP contribution in [0.1, 0.15) is 17.5 Å². The maximum Gasteiger partial charge on any atom is 0.152 e. The summed E-state index contributed by atoms with van der Waals surface area (Å²) in [5.74, 6) is 0.629. The van der Waals surface area contributed by atoms with Gasteiger partial charge in [0.15, 0.2) is 9.84 Å². The normalized spacial score (nSPS) is 25.0. The Morgan fingerprint density at radius 1 is 1.37 bits per heavy atom. The van der Waals surface area contributed by atoms with E-state index < -0.39 is 9.84 Å². The minimum absolute atomic E-state index is 0.131. The zero-order valence-corrected chi connectivity index (χ0v) is 12.0. The van der Waals surface area contributed by atoms with Crippen LogP contribution in [0, 0.1) is 0 Å². The molecule has 104 valence electrons. The van der Waals surface area contributed by atoms with Gasteiger partial charge in [0.1, 0.15) is 0 Å². The molecule has 0 saturated carbocycles. The van der Waals surface area contributed by atoms with E-state index in [4.69, 9.17) is 0 Å². The first-order chi connectivity index (χ1) is 9.07. The van der Waals surface area contributed by atoms with Crippen LogP contribution >= 0.6 is 0 Å². The summed E-state index contributed by atoms with van der Waals surface area (Å²) in [6.45, 7) is 1.92. The second-order valence-corrected chi connectivity index (χ2v) is 7.74. The number of hydrogen-bond acceptors (Lipinski definition) is 4. The number of anilines is 1. The Balaban J connectivity index is 1.90. The molecule has 1 fully saturated rings. The van der Waals surface area contributed by atoms with Crippen LogP contribution in [0.3, 0.4) is 0 Å². The lowest BCUT2D eigenvalue weighted by Crippen LogP contribution is -2.34. The van der Waals surface area contributed by atoms with E-state index in [-0.39, 0.29) is 6.04 Å². The third-order valence-corrected chi connectivity index (χ3v) is 6.00. The average molecular weight is 280 g/mol. The van der Waals surface area contributed by atoms with E-state index in [2.05, 4.69) is 28.4 Å². The molecule has 1 aromatic carbocycles. The number of benzene rings is 1. The van der Waals surface area contributed by atoms with Gasteiger partial charge in [-0.25, -0.2) is 8.42 Å². The van der Waals surface area contributed by atoms with Crippen LogP contribution in [0.25, 0.3) is 0 Å². The molecule has 19 heavy (non-hydrogen) atoms. The number of fused-ring (bicyclic) bond motifs is 1. The Morgan fingerprint density at radius 2 is 2.21 bits per heavy atom. The van der Waals surface area contributed by atoms with Crippen LogP contribution in [0.15, 0.2) is 18.2 Å². The highest BCUT2D eigenvalue weighted by Gasteiger charge is 2.31. The second-order valence-electron chi connectivity index (χ2n) is 5.51. The molecule has 3 rings (SSSR count). The summed E-state index contributed by atoms with van der Waals surface area (Å²) in [4.78, 5) is 2.18. The predicted octanol–water partition coefficient (Wildman–Crippen LogP) is 0.956. The Hall–Kier alpha value is -1.07. The number of sulfone groups is 1. The summed E-state index contributed by atoms with van der Waals surface area (Å²) in [6, 6.07) is 6.48. The molecule has 1 atom stereocenters. The van der Waals surface area contributed by atoms with Crippen LogP contribution in [0.5, 0.6) is 0 Å². The average Bonchev–Trinajstić information content (AvgIpc) is 2.78. The van der Waals surface area contributed by atoms with Crippen molar-refractivity contribution in [1.29, 1.82) is 0 Å². The fraction of sp³-hybridized carbons (Fsp3) is 0.571. The molecule has 0 bridgehead atoms. The van der Waals surface area contributed by atoms with Gasteiger partial charge in [0, 0.05) is 25.3 Å². The maximum atomic E-state index is 11.6. The summed E-state index contributed by atoms with van der Waals surface area (Å²) in [5, 5.41) is 3.38. The van der Waals surface area contributed by atoms with Gasteiger partial charge < -0.3 is 10.2 Å². The first-order valence-electron chi connectivity index (χ1n) is 6.81. The minimum atomic E-state index is -2.82. The molecule has 1 unspecified atom stereocenters. The lowest BCUT2D eigenvalue weighted by molar-refractivity contribution is 0.600. The Morgan fingerprint density at radius 3 is 2.95 bits per heavy atom. The summed E-state index contributed by atoms with van der Waals surface area (Å²) < 4.78 is 23.3. The Kier molecular flexibility index (Phi) is 3.27. The highest BCUT2D eigenvalue weighted by molar-refractivity contribution is 7.91. The Bertz CT molecular complexity index is 583. The summed E-state index contributed by atoms with van der Waals surface area (Å²) in [5.41, 5.74) is 3.94. The fourth-order valence-corrected chi connectivity index (χ4v) is 4.89. The van der Waals surface area contributed by atoms with Crippen molar-refractivity contribution in [3.05, 3.63) is 29.3 Å². The molecule has 1 aromatic rings. The van der Waals surface area contributed by atoms with Gasteiger partial charge in [0.25, 0.3) is 0 Å². The molecular weight excluding hydrogens is 260 g/mol. The van der Waals surface area contributed by atoms with Crippen molar-refractivity contribution in [3.63, 3.8) is 0 Å². The van der Waals surface area contributed by atoms with Crippen LogP contribution in [-0.2, 0) is 22.8 Å². The molecule has 4 nitrogen and oxygen atoms in total. The molecular formula is C14H20N2O2S. The lowest BCUT2D eigenvalue weighted by atomic mass is 9.98. The van der Waals surface area contributed by atoms with Crippen LogP contribution in [0.4, 0.5) is 5.69 Å². The quantitative estimate of drug-likeness (QED) is 0.876. The van der Waals surface area contributed by atoms with Crippen LogP contribution < -0.4 is 10.2 Å². The summed E-state index contributed by atoms with van der Waals surface area (Å²) in [6.07, 6.45) is 1.77. The van der Waals surface area contributed by atoms with Crippen molar-refractivity contribution in [1.82, 2.24) is 5.32 Å². The third kappa shape index (κ3) is 2.49. The fourth-order valence-electron chi connectivity index (χ4n) is 3.12. The monoisotopic (exact) mass is 280 g/mol. The lowest BCUT2D eigenvalue weighted by Gasteiger charge is -2.30. The number of nitrogens with one attached hydrogen (secondary N) is 1. The van der Waals surface area contributed by atoms with Crippen molar-refractivity contribution in [2.75, 3.05) is 30.0 Å². The van der Waals surface area contributed by atoms with Crippen LogP contribution in [0.2, 0.25) is 0 Å². The van der Waals surface area contributed by atoms with E-state index in [1.165, 1.54) is 16.8 Å². The van der Waals surface area contributed by atoms with Crippen molar-refractivity contribution in [2.45, 2.75) is 25.4 Å². The van der Waals surface area contributed by atoms with Gasteiger partial charge >= 0.3 is 0 Å². The molecule has 1 N–H and O–H groups in total. The smallest absolute Gasteiger partial charge is 0.152 e. The molecule has 0 aliphatic carbocycles. The molecule has 2 heterocycles. The van der Waals surface area contributed by atoms with Crippen molar-refractivity contribution >= 4 is 15.5 Å². The predicted molar refractivity (Wildman–Crippen MR) is 77.3 cm³/mol. The second kappa shape index (κ2) is 4.80. The van der Waals surface area contributed by atoms with Gasteiger partial charge in [-0.2, -0.15) is 0 Å². The van der Waals surface area contributed by atoms with E-state index in [1.807, 2.05) is 7.05 Å². The largest absolute Gasteiger partial charge is 0.370 e. The Labute approximate surface area is 114 Å². The molecule has 0 amide bonds. The molecule has 0 radical (unpaired) electrons. The van der Waals surface area contributed by atoms with Crippen molar-refractivity contribution in [2.24, 2.45) is 0 Å². The van der Waals surface area contributed by atoms with Gasteiger partial charge in [-0.15, -0.1) is 0 Å². The van der Waals surface area contributed by atoms with Gasteiger partial charge in [0.2, 0.25) is 0 Å². The van der Waals surface area contributed by atoms with Crippen molar-refractivity contribution < 1.29 is 8.42 Å². The molecule has 2 aliphatic heterocycles. The van der Waals surface area contributed by atoms with E-state index in [1.54, 1.807) is 0 Å². The molecule has 2 aliphatic rings. The molecule has 0 aromatic heterocycles.